The van der Waals surface area contributed by atoms with Crippen LogP contribution < -0.4 is 5.32 Å². The summed E-state index contributed by atoms with van der Waals surface area (Å²) in [6.07, 6.45) is 3.75. The summed E-state index contributed by atoms with van der Waals surface area (Å²) in [6.45, 7) is 4.10. The van der Waals surface area contributed by atoms with E-state index >= 15 is 0 Å². The van der Waals surface area contributed by atoms with Crippen LogP contribution in [0.5, 0.6) is 0 Å². The minimum absolute atomic E-state index is 0. The molecule has 1 atom stereocenters. The molecule has 5 heteroatoms. The monoisotopic (exact) mass is 367 g/mol. The van der Waals surface area contributed by atoms with Crippen LogP contribution in [0.1, 0.15) is 17.2 Å². The highest BCUT2D eigenvalue weighted by Crippen LogP contribution is 2.24. The zero-order valence-corrected chi connectivity index (χ0v) is 14.1. The number of benzene rings is 1. The molecule has 21 heavy (non-hydrogen) atoms. The Morgan fingerprint density at radius 2 is 2.05 bits per heavy atom. The van der Waals surface area contributed by atoms with Crippen molar-refractivity contribution in [1.29, 1.82) is 0 Å². The fourth-order valence-electron chi connectivity index (χ4n) is 2.72. The Labute approximate surface area is 140 Å². The van der Waals surface area contributed by atoms with Gasteiger partial charge in [-0.25, -0.2) is 0 Å². The van der Waals surface area contributed by atoms with Gasteiger partial charge in [0, 0.05) is 49.1 Å². The van der Waals surface area contributed by atoms with Gasteiger partial charge >= 0.3 is 0 Å². The molecule has 1 unspecified atom stereocenters. The maximum Gasteiger partial charge on any atom is 0.0477 e. The van der Waals surface area contributed by atoms with Gasteiger partial charge in [0.2, 0.25) is 0 Å². The average Bonchev–Trinajstić information content (AvgIpc) is 2.49. The smallest absolute Gasteiger partial charge is 0.0477 e. The van der Waals surface area contributed by atoms with Crippen molar-refractivity contribution in [2.45, 2.75) is 12.6 Å². The molecule has 3 nitrogen and oxygen atoms in total. The normalized spacial score (nSPS) is 19.0. The highest BCUT2D eigenvalue weighted by atomic mass is 79.9. The Morgan fingerprint density at radius 1 is 1.24 bits per heavy atom. The minimum atomic E-state index is 0. The maximum absolute atomic E-state index is 4.12. The van der Waals surface area contributed by atoms with Crippen molar-refractivity contribution in [3.8, 4) is 0 Å². The lowest BCUT2D eigenvalue weighted by Gasteiger charge is -2.36. The van der Waals surface area contributed by atoms with Crippen LogP contribution in [0.25, 0.3) is 0 Å². The third-order valence-electron chi connectivity index (χ3n) is 3.72. The van der Waals surface area contributed by atoms with Crippen LogP contribution in [0.4, 0.5) is 0 Å². The average molecular weight is 369 g/mol. The molecule has 0 bridgehead atoms. The lowest BCUT2D eigenvalue weighted by Crippen LogP contribution is -2.45. The summed E-state index contributed by atoms with van der Waals surface area (Å²) in [4.78, 5) is 6.65. The van der Waals surface area contributed by atoms with Crippen molar-refractivity contribution in [2.75, 3.05) is 19.6 Å². The summed E-state index contributed by atoms with van der Waals surface area (Å²) in [6, 6.07) is 13.2. The second-order valence-corrected chi connectivity index (χ2v) is 6.02. The molecule has 1 N–H and O–H groups in total. The molecule has 1 aromatic heterocycles. The van der Waals surface area contributed by atoms with E-state index in [9.17, 15) is 0 Å². The zero-order chi connectivity index (χ0) is 13.8. The number of hydrogen-bond donors (Lipinski definition) is 1. The predicted octanol–water partition coefficient (Wildman–Crippen LogP) is 3.41. The molecule has 3 rings (SSSR count). The van der Waals surface area contributed by atoms with Gasteiger partial charge in [-0.1, -0.05) is 28.1 Å². The molecule has 1 aliphatic heterocycles. The second-order valence-electron chi connectivity index (χ2n) is 5.10. The fraction of sp³-hybridized carbons (Fsp3) is 0.312. The predicted molar refractivity (Wildman–Crippen MR) is 91.6 cm³/mol. The molecule has 0 radical (unpaired) electrons. The molecule has 112 valence electrons. The first-order chi connectivity index (χ1) is 9.83. The van der Waals surface area contributed by atoms with E-state index in [1.165, 1.54) is 11.1 Å². The first-order valence-corrected chi connectivity index (χ1v) is 7.71. The van der Waals surface area contributed by atoms with Crippen LogP contribution in [0.15, 0.2) is 53.3 Å². The fourth-order valence-corrected chi connectivity index (χ4v) is 3.17. The lowest BCUT2D eigenvalue weighted by atomic mass is 10.0. The van der Waals surface area contributed by atoms with Crippen LogP contribution in [0.2, 0.25) is 0 Å². The van der Waals surface area contributed by atoms with Crippen molar-refractivity contribution in [1.82, 2.24) is 15.2 Å². The van der Waals surface area contributed by atoms with E-state index in [4.69, 9.17) is 0 Å². The molecule has 0 spiro atoms. The molecule has 2 aromatic rings. The summed E-state index contributed by atoms with van der Waals surface area (Å²) >= 11 is 3.55. The van der Waals surface area contributed by atoms with E-state index in [-0.39, 0.29) is 12.4 Å². The topological polar surface area (TPSA) is 28.2 Å². The van der Waals surface area contributed by atoms with Crippen molar-refractivity contribution in [3.05, 3.63) is 64.4 Å². The summed E-state index contributed by atoms with van der Waals surface area (Å²) in [5, 5.41) is 3.49. The number of nitrogens with one attached hydrogen (secondary N) is 1. The highest BCUT2D eigenvalue weighted by molar-refractivity contribution is 9.10. The van der Waals surface area contributed by atoms with E-state index in [0.717, 1.165) is 30.7 Å². The number of aromatic nitrogens is 1. The number of pyridine rings is 1. The molecule has 0 amide bonds. The van der Waals surface area contributed by atoms with Crippen molar-refractivity contribution < 1.29 is 0 Å². The van der Waals surface area contributed by atoms with Crippen molar-refractivity contribution in [3.63, 3.8) is 0 Å². The van der Waals surface area contributed by atoms with Crippen LogP contribution in [-0.4, -0.2) is 29.5 Å². The Balaban J connectivity index is 0.00000161. The van der Waals surface area contributed by atoms with Crippen LogP contribution in [0.3, 0.4) is 0 Å². The SMILES string of the molecule is Brc1cccc(CN2CCNCC2c2ccncc2)c1.Cl. The number of rotatable bonds is 3. The Bertz CT molecular complexity index is 564. The van der Waals surface area contributed by atoms with Gasteiger partial charge in [-0.2, -0.15) is 0 Å². The third-order valence-corrected chi connectivity index (χ3v) is 4.21. The number of hydrogen-bond acceptors (Lipinski definition) is 3. The lowest BCUT2D eigenvalue weighted by molar-refractivity contribution is 0.153. The van der Waals surface area contributed by atoms with Crippen LogP contribution in [-0.2, 0) is 6.54 Å². The molecule has 1 fully saturated rings. The summed E-state index contributed by atoms with van der Waals surface area (Å²) in [5.74, 6) is 0. The zero-order valence-electron chi connectivity index (χ0n) is 11.7. The number of piperazine rings is 1. The first-order valence-electron chi connectivity index (χ1n) is 6.92. The number of halogens is 2. The van der Waals surface area contributed by atoms with Gasteiger partial charge in [0.15, 0.2) is 0 Å². The van der Waals surface area contributed by atoms with E-state index in [1.54, 1.807) is 0 Å². The Morgan fingerprint density at radius 3 is 2.81 bits per heavy atom. The van der Waals surface area contributed by atoms with Gasteiger partial charge < -0.3 is 5.32 Å². The van der Waals surface area contributed by atoms with Gasteiger partial charge in [-0.3, -0.25) is 9.88 Å². The van der Waals surface area contributed by atoms with Gasteiger partial charge in [-0.05, 0) is 35.4 Å². The summed E-state index contributed by atoms with van der Waals surface area (Å²) < 4.78 is 1.14. The summed E-state index contributed by atoms with van der Waals surface area (Å²) in [7, 11) is 0. The van der Waals surface area contributed by atoms with Gasteiger partial charge in [0.1, 0.15) is 0 Å². The first kappa shape index (κ1) is 16.4. The number of nitrogens with zero attached hydrogens (tertiary/aromatic N) is 2. The molecule has 0 aliphatic carbocycles. The summed E-state index contributed by atoms with van der Waals surface area (Å²) in [5.41, 5.74) is 2.68. The highest BCUT2D eigenvalue weighted by Gasteiger charge is 2.23. The van der Waals surface area contributed by atoms with Crippen LogP contribution in [0, 0.1) is 0 Å². The largest absolute Gasteiger partial charge is 0.314 e. The van der Waals surface area contributed by atoms with Crippen LogP contribution >= 0.6 is 28.3 Å². The van der Waals surface area contributed by atoms with Crippen molar-refractivity contribution in [2.24, 2.45) is 0 Å². The quantitative estimate of drug-likeness (QED) is 0.900. The standard InChI is InChI=1S/C16H18BrN3.ClH/c17-15-3-1-2-13(10-15)12-20-9-8-19-11-16(20)14-4-6-18-7-5-14;/h1-7,10,16,19H,8-9,11-12H2;1H. The van der Waals surface area contributed by atoms with E-state index < -0.39 is 0 Å². The van der Waals surface area contributed by atoms with E-state index in [2.05, 4.69) is 67.5 Å². The van der Waals surface area contributed by atoms with Gasteiger partial charge in [0.05, 0.1) is 0 Å². The van der Waals surface area contributed by atoms with Crippen molar-refractivity contribution >= 4 is 28.3 Å². The second kappa shape index (κ2) is 7.90. The van der Waals surface area contributed by atoms with E-state index in [1.807, 2.05) is 12.4 Å². The van der Waals surface area contributed by atoms with Gasteiger partial charge in [0.25, 0.3) is 0 Å². The molecule has 2 heterocycles. The molecular weight excluding hydrogens is 350 g/mol. The molecule has 1 saturated heterocycles. The Kier molecular flexibility index (Phi) is 6.18. The third kappa shape index (κ3) is 4.27. The Hall–Kier alpha value is -0.940. The molecule has 1 aromatic carbocycles. The molecule has 1 aliphatic rings. The molecule has 0 saturated carbocycles. The molecular formula is C16H19BrClN3. The van der Waals surface area contributed by atoms with E-state index in [0.29, 0.717) is 6.04 Å². The van der Waals surface area contributed by atoms with Gasteiger partial charge in [-0.15, -0.1) is 12.4 Å². The minimum Gasteiger partial charge on any atom is -0.314 e. The maximum atomic E-state index is 4.12.